The maximum atomic E-state index is 10.6. The highest BCUT2D eigenvalue weighted by Gasteiger charge is 2.13. The molecule has 3 rings (SSSR count). The summed E-state index contributed by atoms with van der Waals surface area (Å²) in [5.74, 6) is -1.15. The van der Waals surface area contributed by atoms with Gasteiger partial charge in [-0.3, -0.25) is 0 Å². The molecule has 1 fully saturated rings. The average Bonchev–Trinajstić information content (AvgIpc) is 2.63. The quantitative estimate of drug-likeness (QED) is 0.883. The highest BCUT2D eigenvalue weighted by Crippen LogP contribution is 2.15. The summed E-state index contributed by atoms with van der Waals surface area (Å²) in [5.41, 5.74) is 0.335. The molecule has 25 heavy (non-hydrogen) atoms. The predicted octanol–water partition coefficient (Wildman–Crippen LogP) is 2.86. The zero-order valence-corrected chi connectivity index (χ0v) is 14.1. The van der Waals surface area contributed by atoms with E-state index in [1.165, 1.54) is 44.4 Å². The van der Waals surface area contributed by atoms with Crippen molar-refractivity contribution in [1.29, 1.82) is 0 Å². The van der Waals surface area contributed by atoms with E-state index >= 15 is 0 Å². The van der Waals surface area contributed by atoms with Crippen LogP contribution < -0.4 is 4.90 Å². The molecule has 0 atom stereocenters. The van der Waals surface area contributed by atoms with Crippen molar-refractivity contribution in [3.8, 4) is 0 Å². The first-order valence-corrected chi connectivity index (χ1v) is 8.08. The van der Waals surface area contributed by atoms with E-state index in [0.29, 0.717) is 0 Å². The van der Waals surface area contributed by atoms with Gasteiger partial charge in [-0.25, -0.2) is 19.6 Å². The first-order chi connectivity index (χ1) is 12.0. The smallest absolute Gasteiger partial charge is 0.335 e. The highest BCUT2D eigenvalue weighted by atomic mass is 16.4. The van der Waals surface area contributed by atoms with E-state index in [1.807, 2.05) is 6.07 Å². The minimum absolute atomic E-state index is 0.0277. The second kappa shape index (κ2) is 8.77. The number of carboxylic acids is 2. The standard InChI is InChI=1S/C9H13N3.C9H8O4/c1-2-6-12(7-3-1)9-4-5-10-8-11-9;1-5-6(8(10)11)3-2-4-7(5)9(12)13/h4-5,8H,1-3,6-7H2;2-4H,1H3,(H,10,11)(H,12,13). The van der Waals surface area contributed by atoms with Crippen LogP contribution in [0.1, 0.15) is 45.5 Å². The molecular weight excluding hydrogens is 322 g/mol. The lowest BCUT2D eigenvalue weighted by atomic mass is 10.0. The Labute approximate surface area is 146 Å². The third kappa shape index (κ3) is 5.00. The van der Waals surface area contributed by atoms with Crippen molar-refractivity contribution in [3.63, 3.8) is 0 Å². The van der Waals surface area contributed by atoms with Crippen molar-refractivity contribution in [1.82, 2.24) is 9.97 Å². The summed E-state index contributed by atoms with van der Waals surface area (Å²) in [4.78, 5) is 31.7. The maximum absolute atomic E-state index is 10.6. The monoisotopic (exact) mass is 343 g/mol. The van der Waals surface area contributed by atoms with Gasteiger partial charge in [-0.1, -0.05) is 6.07 Å². The predicted molar refractivity (Wildman–Crippen MR) is 93.2 cm³/mol. The molecule has 1 aliphatic rings. The molecule has 7 heteroatoms. The first-order valence-electron chi connectivity index (χ1n) is 8.08. The van der Waals surface area contributed by atoms with Crippen LogP contribution in [0, 0.1) is 6.92 Å². The van der Waals surface area contributed by atoms with Crippen molar-refractivity contribution in [2.24, 2.45) is 0 Å². The molecule has 2 heterocycles. The fourth-order valence-electron chi connectivity index (χ4n) is 2.69. The second-order valence-corrected chi connectivity index (χ2v) is 5.70. The molecule has 1 saturated heterocycles. The van der Waals surface area contributed by atoms with Gasteiger partial charge in [-0.05, 0) is 49.9 Å². The van der Waals surface area contributed by atoms with Crippen LogP contribution in [0.3, 0.4) is 0 Å². The molecule has 0 bridgehead atoms. The minimum atomic E-state index is -1.11. The van der Waals surface area contributed by atoms with E-state index in [4.69, 9.17) is 10.2 Å². The second-order valence-electron chi connectivity index (χ2n) is 5.70. The summed E-state index contributed by atoms with van der Waals surface area (Å²) < 4.78 is 0. The molecule has 0 spiro atoms. The fraction of sp³-hybridized carbons (Fsp3) is 0.333. The number of carbonyl (C=O) groups is 2. The lowest BCUT2D eigenvalue weighted by Crippen LogP contribution is -2.29. The highest BCUT2D eigenvalue weighted by molar-refractivity contribution is 5.96. The van der Waals surface area contributed by atoms with Crippen molar-refractivity contribution in [2.45, 2.75) is 26.2 Å². The Morgan fingerprint density at radius 3 is 2.08 bits per heavy atom. The van der Waals surface area contributed by atoms with Crippen LogP contribution in [-0.2, 0) is 0 Å². The lowest BCUT2D eigenvalue weighted by molar-refractivity contribution is 0.0696. The van der Waals surface area contributed by atoms with Crippen LogP contribution in [-0.4, -0.2) is 45.2 Å². The molecule has 0 amide bonds. The number of aromatic carboxylic acids is 2. The van der Waals surface area contributed by atoms with Crippen LogP contribution in [0.25, 0.3) is 0 Å². The van der Waals surface area contributed by atoms with Gasteiger partial charge < -0.3 is 15.1 Å². The van der Waals surface area contributed by atoms with Crippen molar-refractivity contribution < 1.29 is 19.8 Å². The molecule has 0 aliphatic carbocycles. The van der Waals surface area contributed by atoms with Crippen LogP contribution >= 0.6 is 0 Å². The summed E-state index contributed by atoms with van der Waals surface area (Å²) in [6, 6.07) is 6.15. The first kappa shape index (κ1) is 18.4. The fourth-order valence-corrected chi connectivity index (χ4v) is 2.69. The molecule has 2 N–H and O–H groups in total. The molecule has 7 nitrogen and oxygen atoms in total. The lowest BCUT2D eigenvalue weighted by Gasteiger charge is -2.27. The average molecular weight is 343 g/mol. The maximum Gasteiger partial charge on any atom is 0.335 e. The number of aromatic nitrogens is 2. The van der Waals surface area contributed by atoms with Gasteiger partial charge in [0, 0.05) is 19.3 Å². The molecule has 1 aliphatic heterocycles. The van der Waals surface area contributed by atoms with E-state index in [-0.39, 0.29) is 16.7 Å². The number of hydrogen-bond donors (Lipinski definition) is 2. The van der Waals surface area contributed by atoms with Crippen LogP contribution in [0.4, 0.5) is 5.82 Å². The molecule has 0 radical (unpaired) electrons. The zero-order valence-electron chi connectivity index (χ0n) is 14.1. The largest absolute Gasteiger partial charge is 0.478 e. The van der Waals surface area contributed by atoms with Gasteiger partial charge in [-0.2, -0.15) is 0 Å². The normalized spacial score (nSPS) is 13.6. The number of rotatable bonds is 3. The van der Waals surface area contributed by atoms with Crippen LogP contribution in [0.15, 0.2) is 36.8 Å². The summed E-state index contributed by atoms with van der Waals surface area (Å²) in [5, 5.41) is 17.4. The molecule has 1 aromatic heterocycles. The van der Waals surface area contributed by atoms with E-state index in [9.17, 15) is 9.59 Å². The minimum Gasteiger partial charge on any atom is -0.478 e. The topological polar surface area (TPSA) is 104 Å². The molecular formula is C18H21N3O4. The Kier molecular flexibility index (Phi) is 6.45. The Morgan fingerprint density at radius 2 is 1.60 bits per heavy atom. The summed E-state index contributed by atoms with van der Waals surface area (Å²) in [6.45, 7) is 3.78. The number of anilines is 1. The Hall–Kier alpha value is -2.96. The SMILES string of the molecule is Cc1c(C(=O)O)cccc1C(=O)O.c1cc(N2CCCCC2)ncn1. The number of hydrogen-bond acceptors (Lipinski definition) is 5. The Balaban J connectivity index is 0.000000181. The molecule has 2 aromatic rings. The summed E-state index contributed by atoms with van der Waals surface area (Å²) in [6.07, 6.45) is 7.37. The summed E-state index contributed by atoms with van der Waals surface area (Å²) >= 11 is 0. The van der Waals surface area contributed by atoms with Crippen LogP contribution in [0.2, 0.25) is 0 Å². The third-order valence-corrected chi connectivity index (χ3v) is 4.04. The number of nitrogens with zero attached hydrogens (tertiary/aromatic N) is 3. The van der Waals surface area contributed by atoms with Crippen molar-refractivity contribution >= 4 is 17.8 Å². The number of benzene rings is 1. The van der Waals surface area contributed by atoms with Gasteiger partial charge in [0.1, 0.15) is 12.1 Å². The van der Waals surface area contributed by atoms with Gasteiger partial charge in [0.05, 0.1) is 11.1 Å². The van der Waals surface area contributed by atoms with Gasteiger partial charge in [0.2, 0.25) is 0 Å². The van der Waals surface area contributed by atoms with E-state index in [1.54, 1.807) is 12.5 Å². The van der Waals surface area contributed by atoms with E-state index in [2.05, 4.69) is 14.9 Å². The zero-order chi connectivity index (χ0) is 18.2. The summed E-state index contributed by atoms with van der Waals surface area (Å²) in [7, 11) is 0. The Bertz CT molecular complexity index is 696. The van der Waals surface area contributed by atoms with Gasteiger partial charge in [-0.15, -0.1) is 0 Å². The van der Waals surface area contributed by atoms with Crippen molar-refractivity contribution in [2.75, 3.05) is 18.0 Å². The molecule has 0 saturated carbocycles. The van der Waals surface area contributed by atoms with Gasteiger partial charge in [0.15, 0.2) is 0 Å². The molecule has 132 valence electrons. The van der Waals surface area contributed by atoms with Gasteiger partial charge in [0.25, 0.3) is 0 Å². The molecule has 1 aromatic carbocycles. The Morgan fingerprint density at radius 1 is 1.00 bits per heavy atom. The molecule has 0 unspecified atom stereocenters. The third-order valence-electron chi connectivity index (χ3n) is 4.04. The number of piperidine rings is 1. The van der Waals surface area contributed by atoms with Gasteiger partial charge >= 0.3 is 11.9 Å². The van der Waals surface area contributed by atoms with Crippen LogP contribution in [0.5, 0.6) is 0 Å². The van der Waals surface area contributed by atoms with E-state index < -0.39 is 11.9 Å². The number of carboxylic acid groups (broad SMARTS) is 2. The van der Waals surface area contributed by atoms with Crippen molar-refractivity contribution in [3.05, 3.63) is 53.5 Å². The van der Waals surface area contributed by atoms with E-state index in [0.717, 1.165) is 18.9 Å².